The van der Waals surface area contributed by atoms with Gasteiger partial charge in [0, 0.05) is 30.4 Å². The molecule has 158 valence electrons. The van der Waals surface area contributed by atoms with E-state index in [0.717, 1.165) is 23.4 Å². The molecule has 31 heavy (non-hydrogen) atoms. The predicted octanol–water partition coefficient (Wildman–Crippen LogP) is 5.16. The molecule has 2 N–H and O–H groups in total. The van der Waals surface area contributed by atoms with Crippen LogP contribution in [0, 0.1) is 5.92 Å². The number of amides is 3. The Balaban J connectivity index is 1.32. The van der Waals surface area contributed by atoms with E-state index in [0.29, 0.717) is 25.9 Å². The van der Waals surface area contributed by atoms with Gasteiger partial charge in [-0.1, -0.05) is 66.7 Å². The summed E-state index contributed by atoms with van der Waals surface area (Å²) >= 11 is 0. The van der Waals surface area contributed by atoms with Crippen molar-refractivity contribution in [3.63, 3.8) is 0 Å². The quantitative estimate of drug-likeness (QED) is 0.607. The third-order valence-corrected chi connectivity index (χ3v) is 5.69. The lowest BCUT2D eigenvalue weighted by molar-refractivity contribution is -0.121. The van der Waals surface area contributed by atoms with E-state index in [-0.39, 0.29) is 17.9 Å². The van der Waals surface area contributed by atoms with E-state index in [4.69, 9.17) is 0 Å². The number of urea groups is 1. The fraction of sp³-hybridized carbons (Fsp3) is 0.231. The second-order valence-electron chi connectivity index (χ2n) is 7.87. The lowest BCUT2D eigenvalue weighted by atomic mass is 9.95. The van der Waals surface area contributed by atoms with E-state index in [1.807, 2.05) is 66.7 Å². The first kappa shape index (κ1) is 20.7. The average molecular weight is 414 g/mol. The van der Waals surface area contributed by atoms with Gasteiger partial charge in [0.2, 0.25) is 5.91 Å². The highest BCUT2D eigenvalue weighted by atomic mass is 16.2. The first-order valence-corrected chi connectivity index (χ1v) is 10.7. The number of anilines is 2. The predicted molar refractivity (Wildman–Crippen MR) is 124 cm³/mol. The van der Waals surface area contributed by atoms with Crippen LogP contribution in [0.4, 0.5) is 16.2 Å². The SMILES string of the molecule is O=C(Nc1ccccc1Cc1ccccc1)C1CCN(C(=O)Nc2ccccc2)CC1. The Labute approximate surface area is 183 Å². The van der Waals surface area contributed by atoms with E-state index in [9.17, 15) is 9.59 Å². The van der Waals surface area contributed by atoms with Crippen LogP contribution in [0.15, 0.2) is 84.9 Å². The molecular weight excluding hydrogens is 386 g/mol. The summed E-state index contributed by atoms with van der Waals surface area (Å²) in [4.78, 5) is 27.2. The molecule has 1 fully saturated rings. The van der Waals surface area contributed by atoms with E-state index in [2.05, 4.69) is 28.8 Å². The highest BCUT2D eigenvalue weighted by Gasteiger charge is 2.27. The van der Waals surface area contributed by atoms with Gasteiger partial charge in [0.05, 0.1) is 0 Å². The normalized spacial score (nSPS) is 14.1. The van der Waals surface area contributed by atoms with Crippen molar-refractivity contribution in [2.24, 2.45) is 5.92 Å². The number of benzene rings is 3. The molecule has 1 aliphatic rings. The Hall–Kier alpha value is -3.60. The third kappa shape index (κ3) is 5.51. The van der Waals surface area contributed by atoms with Crippen molar-refractivity contribution >= 4 is 23.3 Å². The van der Waals surface area contributed by atoms with Gasteiger partial charge in [-0.15, -0.1) is 0 Å². The van der Waals surface area contributed by atoms with Crippen LogP contribution >= 0.6 is 0 Å². The van der Waals surface area contributed by atoms with Crippen molar-refractivity contribution in [2.45, 2.75) is 19.3 Å². The molecule has 0 aromatic heterocycles. The molecule has 0 bridgehead atoms. The number of hydrogen-bond donors (Lipinski definition) is 2. The minimum Gasteiger partial charge on any atom is -0.326 e. The van der Waals surface area contributed by atoms with E-state index >= 15 is 0 Å². The van der Waals surface area contributed by atoms with Crippen molar-refractivity contribution in [3.8, 4) is 0 Å². The Kier molecular flexibility index (Phi) is 6.62. The van der Waals surface area contributed by atoms with Gasteiger partial charge in [-0.3, -0.25) is 4.79 Å². The molecule has 0 spiro atoms. The molecule has 4 rings (SSSR count). The zero-order valence-corrected chi connectivity index (χ0v) is 17.5. The minimum absolute atomic E-state index is 0.0311. The highest BCUT2D eigenvalue weighted by molar-refractivity contribution is 5.94. The van der Waals surface area contributed by atoms with Crippen molar-refractivity contribution in [1.82, 2.24) is 4.90 Å². The van der Waals surface area contributed by atoms with Gasteiger partial charge in [-0.05, 0) is 48.6 Å². The van der Waals surface area contributed by atoms with Crippen LogP contribution < -0.4 is 10.6 Å². The topological polar surface area (TPSA) is 61.4 Å². The second kappa shape index (κ2) is 9.94. The van der Waals surface area contributed by atoms with Gasteiger partial charge in [0.15, 0.2) is 0 Å². The summed E-state index contributed by atoms with van der Waals surface area (Å²) in [5.74, 6) is -0.0609. The molecule has 0 atom stereocenters. The maximum absolute atomic E-state index is 12.9. The molecule has 1 heterocycles. The van der Waals surface area contributed by atoms with Gasteiger partial charge < -0.3 is 15.5 Å². The number of piperidine rings is 1. The molecule has 0 saturated carbocycles. The van der Waals surface area contributed by atoms with Crippen molar-refractivity contribution in [3.05, 3.63) is 96.1 Å². The van der Waals surface area contributed by atoms with Crippen LogP contribution in [0.1, 0.15) is 24.0 Å². The fourth-order valence-electron chi connectivity index (χ4n) is 3.92. The largest absolute Gasteiger partial charge is 0.326 e. The van der Waals surface area contributed by atoms with Gasteiger partial charge in [-0.2, -0.15) is 0 Å². The summed E-state index contributed by atoms with van der Waals surface area (Å²) < 4.78 is 0. The molecule has 1 aliphatic heterocycles. The van der Waals surface area contributed by atoms with Crippen LogP contribution in [-0.2, 0) is 11.2 Å². The number of rotatable bonds is 5. The monoisotopic (exact) mass is 413 g/mol. The summed E-state index contributed by atoms with van der Waals surface area (Å²) in [6, 6.07) is 27.5. The van der Waals surface area contributed by atoms with E-state index in [1.54, 1.807) is 4.90 Å². The lowest BCUT2D eigenvalue weighted by Crippen LogP contribution is -2.43. The van der Waals surface area contributed by atoms with Crippen LogP contribution in [0.5, 0.6) is 0 Å². The first-order valence-electron chi connectivity index (χ1n) is 10.7. The molecule has 0 aliphatic carbocycles. The molecule has 3 amide bonds. The minimum atomic E-state index is -0.113. The van der Waals surface area contributed by atoms with Gasteiger partial charge in [-0.25, -0.2) is 4.79 Å². The molecule has 1 saturated heterocycles. The molecule has 0 unspecified atom stereocenters. The zero-order chi connectivity index (χ0) is 21.5. The summed E-state index contributed by atoms with van der Waals surface area (Å²) in [5, 5.41) is 6.04. The third-order valence-electron chi connectivity index (χ3n) is 5.69. The number of nitrogens with one attached hydrogen (secondary N) is 2. The summed E-state index contributed by atoms with van der Waals surface area (Å²) in [6.45, 7) is 1.14. The maximum atomic E-state index is 12.9. The van der Waals surface area contributed by atoms with Crippen molar-refractivity contribution in [2.75, 3.05) is 23.7 Å². The summed E-state index contributed by atoms with van der Waals surface area (Å²) in [5.41, 5.74) is 3.95. The Morgan fingerprint density at radius 1 is 0.774 bits per heavy atom. The highest BCUT2D eigenvalue weighted by Crippen LogP contribution is 2.23. The van der Waals surface area contributed by atoms with Crippen molar-refractivity contribution < 1.29 is 9.59 Å². The first-order chi connectivity index (χ1) is 15.2. The molecule has 5 heteroatoms. The average Bonchev–Trinajstić information content (AvgIpc) is 2.82. The maximum Gasteiger partial charge on any atom is 0.321 e. The van der Waals surface area contributed by atoms with Crippen molar-refractivity contribution in [1.29, 1.82) is 0 Å². The van der Waals surface area contributed by atoms with Gasteiger partial charge >= 0.3 is 6.03 Å². The Morgan fingerprint density at radius 2 is 1.39 bits per heavy atom. The summed E-state index contributed by atoms with van der Waals surface area (Å²) in [6.07, 6.45) is 2.10. The number of carbonyl (C=O) groups excluding carboxylic acids is 2. The van der Waals surface area contributed by atoms with E-state index in [1.165, 1.54) is 5.56 Å². The second-order valence-corrected chi connectivity index (χ2v) is 7.87. The van der Waals surface area contributed by atoms with E-state index < -0.39 is 0 Å². The molecule has 3 aromatic carbocycles. The standard InChI is InChI=1S/C26H27N3O2/c30-25(28-24-14-8-7-11-22(24)19-20-9-3-1-4-10-20)21-15-17-29(18-16-21)26(31)27-23-12-5-2-6-13-23/h1-14,21H,15-19H2,(H,27,31)(H,28,30). The number of hydrogen-bond acceptors (Lipinski definition) is 2. The Morgan fingerprint density at radius 3 is 2.10 bits per heavy atom. The van der Waals surface area contributed by atoms with Crippen LogP contribution in [-0.4, -0.2) is 29.9 Å². The zero-order valence-electron chi connectivity index (χ0n) is 17.5. The number of carbonyl (C=O) groups is 2. The molecule has 0 radical (unpaired) electrons. The smallest absolute Gasteiger partial charge is 0.321 e. The number of likely N-dealkylation sites (tertiary alicyclic amines) is 1. The molecule has 5 nitrogen and oxygen atoms in total. The molecular formula is C26H27N3O2. The number of nitrogens with zero attached hydrogens (tertiary/aromatic N) is 1. The van der Waals surface area contributed by atoms with Gasteiger partial charge in [0.1, 0.15) is 0 Å². The Bertz CT molecular complexity index is 1010. The van der Waals surface area contributed by atoms with Gasteiger partial charge in [0.25, 0.3) is 0 Å². The lowest BCUT2D eigenvalue weighted by Gasteiger charge is -2.31. The van der Waals surface area contributed by atoms with Crippen LogP contribution in [0.3, 0.4) is 0 Å². The van der Waals surface area contributed by atoms with Crippen LogP contribution in [0.2, 0.25) is 0 Å². The summed E-state index contributed by atoms with van der Waals surface area (Å²) in [7, 11) is 0. The molecule has 3 aromatic rings. The van der Waals surface area contributed by atoms with Crippen LogP contribution in [0.25, 0.3) is 0 Å². The number of para-hydroxylation sites is 2. The fourth-order valence-corrected chi connectivity index (χ4v) is 3.92.